The van der Waals surface area contributed by atoms with Crippen LogP contribution in [0.4, 0.5) is 5.69 Å². The molecule has 1 aliphatic rings. The molecule has 0 unspecified atom stereocenters. The molecule has 0 bridgehead atoms. The van der Waals surface area contributed by atoms with Gasteiger partial charge in [-0.05, 0) is 26.0 Å². The number of amides is 1. The highest BCUT2D eigenvalue weighted by Crippen LogP contribution is 2.28. The molecule has 1 aromatic rings. The number of ether oxygens (including phenoxy) is 1. The molecule has 5 heteroatoms. The van der Waals surface area contributed by atoms with E-state index in [0.29, 0.717) is 6.61 Å². The third-order valence-electron chi connectivity index (χ3n) is 3.99. The van der Waals surface area contributed by atoms with Crippen molar-refractivity contribution < 1.29 is 9.53 Å². The summed E-state index contributed by atoms with van der Waals surface area (Å²) in [6, 6.07) is 8.08. The summed E-state index contributed by atoms with van der Waals surface area (Å²) in [4.78, 5) is 16.3. The monoisotopic (exact) mass is 291 g/mol. The van der Waals surface area contributed by atoms with Crippen LogP contribution in [0.2, 0.25) is 0 Å². The summed E-state index contributed by atoms with van der Waals surface area (Å²) in [5.41, 5.74) is 1.14. The van der Waals surface area contributed by atoms with Gasteiger partial charge >= 0.3 is 0 Å². The molecule has 2 rings (SSSR count). The van der Waals surface area contributed by atoms with Crippen LogP contribution >= 0.6 is 0 Å². The van der Waals surface area contributed by atoms with Crippen LogP contribution in [-0.2, 0) is 4.79 Å². The maximum Gasteiger partial charge on any atom is 0.236 e. The van der Waals surface area contributed by atoms with Crippen molar-refractivity contribution in [3.05, 3.63) is 24.3 Å². The quantitative estimate of drug-likeness (QED) is 0.889. The van der Waals surface area contributed by atoms with Crippen LogP contribution in [0.1, 0.15) is 13.8 Å². The Labute approximate surface area is 126 Å². The summed E-state index contributed by atoms with van der Waals surface area (Å²) in [6.45, 7) is 8.22. The van der Waals surface area contributed by atoms with Gasteiger partial charge in [0.15, 0.2) is 0 Å². The number of anilines is 1. The highest BCUT2D eigenvalue weighted by atomic mass is 16.5. The number of piperazine rings is 1. The van der Waals surface area contributed by atoms with E-state index in [2.05, 4.69) is 21.2 Å². The van der Waals surface area contributed by atoms with Gasteiger partial charge in [-0.15, -0.1) is 0 Å². The second-order valence-electron chi connectivity index (χ2n) is 5.21. The minimum Gasteiger partial charge on any atom is -0.492 e. The molecule has 5 nitrogen and oxygen atoms in total. The van der Waals surface area contributed by atoms with Gasteiger partial charge in [-0.2, -0.15) is 0 Å². The molecular formula is C16H25N3O2. The molecule has 1 atom stereocenters. The number of para-hydroxylation sites is 2. The van der Waals surface area contributed by atoms with Gasteiger partial charge in [-0.1, -0.05) is 12.1 Å². The first-order valence-electron chi connectivity index (χ1n) is 7.59. The first kappa shape index (κ1) is 15.6. The lowest BCUT2D eigenvalue weighted by Gasteiger charge is -2.38. The summed E-state index contributed by atoms with van der Waals surface area (Å²) in [6.07, 6.45) is 0. The number of likely N-dealkylation sites (N-methyl/N-ethyl adjacent to an activating group) is 1. The third kappa shape index (κ3) is 3.67. The highest BCUT2D eigenvalue weighted by molar-refractivity contribution is 5.81. The van der Waals surface area contributed by atoms with E-state index >= 15 is 0 Å². The zero-order valence-electron chi connectivity index (χ0n) is 13.1. The number of carbonyl (C=O) groups excluding carboxylic acids is 1. The maximum absolute atomic E-state index is 11.7. The molecule has 1 saturated heterocycles. The van der Waals surface area contributed by atoms with Crippen LogP contribution in [0.3, 0.4) is 0 Å². The lowest BCUT2D eigenvalue weighted by molar-refractivity contribution is -0.125. The Kier molecular flexibility index (Phi) is 5.44. The van der Waals surface area contributed by atoms with E-state index in [1.165, 1.54) is 0 Å². The lowest BCUT2D eigenvalue weighted by Crippen LogP contribution is -2.53. The minimum atomic E-state index is -0.0701. The van der Waals surface area contributed by atoms with Gasteiger partial charge in [-0.25, -0.2) is 0 Å². The van der Waals surface area contributed by atoms with Crippen molar-refractivity contribution in [2.24, 2.45) is 0 Å². The van der Waals surface area contributed by atoms with Crippen LogP contribution in [0, 0.1) is 0 Å². The van der Waals surface area contributed by atoms with E-state index in [-0.39, 0.29) is 11.9 Å². The average Bonchev–Trinajstić information content (AvgIpc) is 2.54. The van der Waals surface area contributed by atoms with Crippen LogP contribution < -0.4 is 15.0 Å². The lowest BCUT2D eigenvalue weighted by atomic mass is 10.2. The number of carbonyl (C=O) groups is 1. The summed E-state index contributed by atoms with van der Waals surface area (Å²) < 4.78 is 5.70. The molecule has 0 spiro atoms. The van der Waals surface area contributed by atoms with Gasteiger partial charge in [0.25, 0.3) is 0 Å². The molecule has 1 fully saturated rings. The standard InChI is InChI=1S/C16H25N3O2/c1-4-21-15-8-6-5-7-14(15)19-11-9-18(10-12-19)13(2)16(20)17-3/h5-8,13H,4,9-12H2,1-3H3,(H,17,20)/t13-/m0/s1. The largest absolute Gasteiger partial charge is 0.492 e. The third-order valence-corrected chi connectivity index (χ3v) is 3.99. The Hall–Kier alpha value is -1.75. The zero-order chi connectivity index (χ0) is 15.2. The average molecular weight is 291 g/mol. The number of benzene rings is 1. The fourth-order valence-corrected chi connectivity index (χ4v) is 2.72. The first-order chi connectivity index (χ1) is 10.2. The second-order valence-corrected chi connectivity index (χ2v) is 5.21. The number of rotatable bonds is 5. The predicted molar refractivity (Wildman–Crippen MR) is 84.9 cm³/mol. The molecule has 1 aliphatic heterocycles. The summed E-state index contributed by atoms with van der Waals surface area (Å²) in [7, 11) is 1.69. The molecule has 0 aromatic heterocycles. The van der Waals surface area contributed by atoms with Crippen molar-refractivity contribution >= 4 is 11.6 Å². The number of hydrogen-bond acceptors (Lipinski definition) is 4. The van der Waals surface area contributed by atoms with E-state index in [4.69, 9.17) is 4.74 Å². The SMILES string of the molecule is CCOc1ccccc1N1CCN([C@@H](C)C(=O)NC)CC1. The summed E-state index contributed by atoms with van der Waals surface area (Å²) in [5, 5.41) is 2.72. The van der Waals surface area contributed by atoms with Crippen molar-refractivity contribution in [2.45, 2.75) is 19.9 Å². The molecule has 116 valence electrons. The van der Waals surface area contributed by atoms with E-state index in [1.807, 2.05) is 32.0 Å². The van der Waals surface area contributed by atoms with Gasteiger partial charge in [0.1, 0.15) is 5.75 Å². The highest BCUT2D eigenvalue weighted by Gasteiger charge is 2.25. The molecular weight excluding hydrogens is 266 g/mol. The molecule has 21 heavy (non-hydrogen) atoms. The van der Waals surface area contributed by atoms with Crippen molar-refractivity contribution in [1.29, 1.82) is 0 Å². The normalized spacial score (nSPS) is 17.4. The van der Waals surface area contributed by atoms with Gasteiger partial charge < -0.3 is 15.0 Å². The summed E-state index contributed by atoms with van der Waals surface area (Å²) in [5.74, 6) is 1.02. The molecule has 1 amide bonds. The van der Waals surface area contributed by atoms with Gasteiger partial charge in [0.05, 0.1) is 18.3 Å². The smallest absolute Gasteiger partial charge is 0.236 e. The van der Waals surface area contributed by atoms with Crippen molar-refractivity contribution in [3.8, 4) is 5.75 Å². The molecule has 0 radical (unpaired) electrons. The Morgan fingerprint density at radius 3 is 2.57 bits per heavy atom. The number of nitrogens with zero attached hydrogens (tertiary/aromatic N) is 2. The first-order valence-corrected chi connectivity index (χ1v) is 7.59. The zero-order valence-corrected chi connectivity index (χ0v) is 13.1. The van der Waals surface area contributed by atoms with E-state index in [1.54, 1.807) is 7.05 Å². The molecule has 1 aromatic carbocycles. The maximum atomic E-state index is 11.7. The van der Waals surface area contributed by atoms with Gasteiger partial charge in [0, 0.05) is 33.2 Å². The fraction of sp³-hybridized carbons (Fsp3) is 0.562. The van der Waals surface area contributed by atoms with E-state index in [0.717, 1.165) is 37.6 Å². The number of nitrogens with one attached hydrogen (secondary N) is 1. The Bertz CT molecular complexity index is 470. The van der Waals surface area contributed by atoms with Crippen molar-refractivity contribution in [2.75, 3.05) is 44.7 Å². The van der Waals surface area contributed by atoms with Crippen molar-refractivity contribution in [1.82, 2.24) is 10.2 Å². The Balaban J connectivity index is 1.99. The van der Waals surface area contributed by atoms with Gasteiger partial charge in [-0.3, -0.25) is 9.69 Å². The van der Waals surface area contributed by atoms with Crippen LogP contribution in [0.15, 0.2) is 24.3 Å². The molecule has 1 heterocycles. The van der Waals surface area contributed by atoms with E-state index in [9.17, 15) is 4.79 Å². The molecule has 0 saturated carbocycles. The van der Waals surface area contributed by atoms with Crippen molar-refractivity contribution in [3.63, 3.8) is 0 Å². The Morgan fingerprint density at radius 2 is 1.95 bits per heavy atom. The Morgan fingerprint density at radius 1 is 1.29 bits per heavy atom. The van der Waals surface area contributed by atoms with E-state index < -0.39 is 0 Å². The van der Waals surface area contributed by atoms with Crippen LogP contribution in [0.5, 0.6) is 5.75 Å². The fourth-order valence-electron chi connectivity index (χ4n) is 2.72. The van der Waals surface area contributed by atoms with Crippen LogP contribution in [0.25, 0.3) is 0 Å². The second kappa shape index (κ2) is 7.31. The molecule has 0 aliphatic carbocycles. The topological polar surface area (TPSA) is 44.8 Å². The number of hydrogen-bond donors (Lipinski definition) is 1. The van der Waals surface area contributed by atoms with Crippen LogP contribution in [-0.4, -0.2) is 56.7 Å². The minimum absolute atomic E-state index is 0.0701. The molecule has 1 N–H and O–H groups in total. The summed E-state index contributed by atoms with van der Waals surface area (Å²) >= 11 is 0. The van der Waals surface area contributed by atoms with Gasteiger partial charge in [0.2, 0.25) is 5.91 Å². The predicted octanol–water partition coefficient (Wildman–Crippen LogP) is 1.34.